The lowest BCUT2D eigenvalue weighted by atomic mass is 9.98. The first-order valence-corrected chi connectivity index (χ1v) is 5.44. The van der Waals surface area contributed by atoms with Gasteiger partial charge in [-0.2, -0.15) is 5.26 Å². The molecule has 0 aromatic heterocycles. The van der Waals surface area contributed by atoms with Crippen LogP contribution >= 0.6 is 0 Å². The number of hydrogen-bond donors (Lipinski definition) is 0. The van der Waals surface area contributed by atoms with E-state index in [9.17, 15) is 4.79 Å². The maximum atomic E-state index is 12.3. The number of benzene rings is 2. The fourth-order valence-electron chi connectivity index (χ4n) is 1.75. The molecule has 2 aromatic rings. The largest absolute Gasteiger partial charge is 0.495 e. The van der Waals surface area contributed by atoms with Gasteiger partial charge in [0.15, 0.2) is 5.78 Å². The van der Waals surface area contributed by atoms with Gasteiger partial charge in [0, 0.05) is 11.1 Å². The topological polar surface area (TPSA) is 50.1 Å². The summed E-state index contributed by atoms with van der Waals surface area (Å²) in [6.07, 6.45) is 0. The lowest BCUT2D eigenvalue weighted by molar-refractivity contribution is 0.103. The number of methoxy groups -OCH3 is 1. The van der Waals surface area contributed by atoms with Crippen LogP contribution in [0.25, 0.3) is 0 Å². The minimum Gasteiger partial charge on any atom is -0.495 e. The van der Waals surface area contributed by atoms with Crippen LogP contribution in [0.5, 0.6) is 5.75 Å². The first-order valence-electron chi connectivity index (χ1n) is 5.44. The average Bonchev–Trinajstić information content (AvgIpc) is 2.46. The van der Waals surface area contributed by atoms with Crippen LogP contribution in [-0.2, 0) is 0 Å². The molecule has 0 amide bonds. The fraction of sp³-hybridized carbons (Fsp3) is 0.0667. The Kier molecular flexibility index (Phi) is 3.40. The van der Waals surface area contributed by atoms with Gasteiger partial charge >= 0.3 is 0 Å². The summed E-state index contributed by atoms with van der Waals surface area (Å²) in [6, 6.07) is 15.9. The van der Waals surface area contributed by atoms with Crippen molar-refractivity contribution in [3.63, 3.8) is 0 Å². The molecule has 2 aromatic carbocycles. The first kappa shape index (κ1) is 11.9. The van der Waals surface area contributed by atoms with Gasteiger partial charge in [-0.25, -0.2) is 0 Å². The Bertz CT molecular complexity index is 612. The quantitative estimate of drug-likeness (QED) is 0.771. The Morgan fingerprint density at radius 2 is 1.83 bits per heavy atom. The summed E-state index contributed by atoms with van der Waals surface area (Å²) in [5.74, 6) is 0.241. The second-order valence-corrected chi connectivity index (χ2v) is 3.69. The number of nitrogens with zero attached hydrogens (tertiary/aromatic N) is 1. The highest BCUT2D eigenvalue weighted by atomic mass is 16.5. The molecule has 0 heterocycles. The van der Waals surface area contributed by atoms with E-state index in [-0.39, 0.29) is 11.3 Å². The van der Waals surface area contributed by atoms with E-state index in [2.05, 4.69) is 0 Å². The molecular weight excluding hydrogens is 226 g/mol. The van der Waals surface area contributed by atoms with Crippen molar-refractivity contribution in [3.8, 4) is 11.8 Å². The molecule has 0 aliphatic heterocycles. The molecule has 0 fully saturated rings. The molecule has 0 spiro atoms. The van der Waals surface area contributed by atoms with E-state index >= 15 is 0 Å². The van der Waals surface area contributed by atoms with Crippen molar-refractivity contribution in [2.24, 2.45) is 0 Å². The van der Waals surface area contributed by atoms with Crippen molar-refractivity contribution in [2.45, 2.75) is 0 Å². The Balaban J connectivity index is 2.53. The third-order valence-electron chi connectivity index (χ3n) is 2.64. The predicted molar refractivity (Wildman–Crippen MR) is 67.6 cm³/mol. The van der Waals surface area contributed by atoms with E-state index in [1.54, 1.807) is 42.5 Å². The predicted octanol–water partition coefficient (Wildman–Crippen LogP) is 2.80. The van der Waals surface area contributed by atoms with Crippen molar-refractivity contribution in [1.29, 1.82) is 5.26 Å². The van der Waals surface area contributed by atoms with Crippen molar-refractivity contribution < 1.29 is 9.53 Å². The summed E-state index contributed by atoms with van der Waals surface area (Å²) in [6.45, 7) is 0. The van der Waals surface area contributed by atoms with Gasteiger partial charge in [-0.3, -0.25) is 4.79 Å². The first-order chi connectivity index (χ1) is 8.77. The minimum absolute atomic E-state index is 0.175. The van der Waals surface area contributed by atoms with Gasteiger partial charge in [0.2, 0.25) is 0 Å². The third kappa shape index (κ3) is 2.09. The zero-order chi connectivity index (χ0) is 13.0. The van der Waals surface area contributed by atoms with Gasteiger partial charge in [-0.05, 0) is 12.1 Å². The SMILES string of the molecule is COc1cccc(C(=O)c2ccccc2)c1C#N. The molecule has 0 bridgehead atoms. The molecular formula is C15H11NO2. The molecule has 0 saturated carbocycles. The number of ether oxygens (including phenoxy) is 1. The molecule has 18 heavy (non-hydrogen) atoms. The van der Waals surface area contributed by atoms with Crippen LogP contribution in [0.1, 0.15) is 21.5 Å². The minimum atomic E-state index is -0.175. The number of rotatable bonds is 3. The summed E-state index contributed by atoms with van der Waals surface area (Å²) >= 11 is 0. The maximum Gasteiger partial charge on any atom is 0.194 e. The molecule has 0 radical (unpaired) electrons. The van der Waals surface area contributed by atoms with Crippen LogP contribution in [-0.4, -0.2) is 12.9 Å². The van der Waals surface area contributed by atoms with Crippen molar-refractivity contribution in [2.75, 3.05) is 7.11 Å². The molecule has 0 N–H and O–H groups in total. The van der Waals surface area contributed by atoms with Gasteiger partial charge in [0.05, 0.1) is 7.11 Å². The Hall–Kier alpha value is -2.60. The van der Waals surface area contributed by atoms with E-state index in [0.717, 1.165) is 0 Å². The second-order valence-electron chi connectivity index (χ2n) is 3.69. The zero-order valence-corrected chi connectivity index (χ0v) is 9.88. The number of hydrogen-bond acceptors (Lipinski definition) is 3. The van der Waals surface area contributed by atoms with Crippen molar-refractivity contribution >= 4 is 5.78 Å². The number of carbonyl (C=O) groups excluding carboxylic acids is 1. The molecule has 0 aliphatic rings. The highest BCUT2D eigenvalue weighted by Gasteiger charge is 2.16. The summed E-state index contributed by atoms with van der Waals surface area (Å²) in [5.41, 5.74) is 1.19. The van der Waals surface area contributed by atoms with E-state index in [4.69, 9.17) is 10.00 Å². The van der Waals surface area contributed by atoms with E-state index < -0.39 is 0 Å². The molecule has 3 heteroatoms. The molecule has 0 saturated heterocycles. The third-order valence-corrected chi connectivity index (χ3v) is 2.64. The van der Waals surface area contributed by atoms with Crippen LogP contribution in [0.4, 0.5) is 0 Å². The maximum absolute atomic E-state index is 12.3. The lowest BCUT2D eigenvalue weighted by Gasteiger charge is -2.07. The Morgan fingerprint density at radius 1 is 1.11 bits per heavy atom. The van der Waals surface area contributed by atoms with Gasteiger partial charge in [0.25, 0.3) is 0 Å². The average molecular weight is 237 g/mol. The molecule has 0 atom stereocenters. The van der Waals surface area contributed by atoms with Crippen LogP contribution in [0.15, 0.2) is 48.5 Å². The monoisotopic (exact) mass is 237 g/mol. The Morgan fingerprint density at radius 3 is 2.44 bits per heavy atom. The number of ketones is 1. The smallest absolute Gasteiger partial charge is 0.194 e. The number of carbonyl (C=O) groups is 1. The Labute approximate surface area is 105 Å². The summed E-state index contributed by atoms with van der Waals surface area (Å²) < 4.78 is 5.09. The summed E-state index contributed by atoms with van der Waals surface area (Å²) in [7, 11) is 1.48. The normalized spacial score (nSPS) is 9.56. The molecule has 0 aliphatic carbocycles. The van der Waals surface area contributed by atoms with Crippen LogP contribution in [0, 0.1) is 11.3 Å². The molecule has 3 nitrogen and oxygen atoms in total. The van der Waals surface area contributed by atoms with Crippen LogP contribution in [0.3, 0.4) is 0 Å². The molecule has 2 rings (SSSR count). The van der Waals surface area contributed by atoms with Gasteiger partial charge in [0.1, 0.15) is 17.4 Å². The lowest BCUT2D eigenvalue weighted by Crippen LogP contribution is -2.05. The number of nitriles is 1. The van der Waals surface area contributed by atoms with Gasteiger partial charge < -0.3 is 4.74 Å². The molecule has 0 unspecified atom stereocenters. The van der Waals surface area contributed by atoms with Crippen molar-refractivity contribution in [1.82, 2.24) is 0 Å². The molecule has 88 valence electrons. The van der Waals surface area contributed by atoms with Crippen LogP contribution < -0.4 is 4.74 Å². The zero-order valence-electron chi connectivity index (χ0n) is 9.88. The van der Waals surface area contributed by atoms with Gasteiger partial charge in [-0.1, -0.05) is 36.4 Å². The van der Waals surface area contributed by atoms with E-state index in [0.29, 0.717) is 16.9 Å². The highest BCUT2D eigenvalue weighted by Crippen LogP contribution is 2.23. The summed E-state index contributed by atoms with van der Waals surface area (Å²) in [4.78, 5) is 12.3. The van der Waals surface area contributed by atoms with E-state index in [1.165, 1.54) is 7.11 Å². The van der Waals surface area contributed by atoms with Crippen LogP contribution in [0.2, 0.25) is 0 Å². The second kappa shape index (κ2) is 5.15. The van der Waals surface area contributed by atoms with Crippen molar-refractivity contribution in [3.05, 3.63) is 65.2 Å². The standard InChI is InChI=1S/C15H11NO2/c1-18-14-9-5-8-12(13(14)10-16)15(17)11-6-3-2-4-7-11/h2-9H,1H3. The van der Waals surface area contributed by atoms with E-state index in [1.807, 2.05) is 12.1 Å². The fourth-order valence-corrected chi connectivity index (χ4v) is 1.75. The summed E-state index contributed by atoms with van der Waals surface area (Å²) in [5, 5.41) is 9.14. The highest BCUT2D eigenvalue weighted by molar-refractivity contribution is 6.10. The van der Waals surface area contributed by atoms with Gasteiger partial charge in [-0.15, -0.1) is 0 Å².